The molecule has 0 saturated carbocycles. The number of carbonyl (C=O) groups excluding carboxylic acids is 2. The van der Waals surface area contributed by atoms with E-state index in [0.717, 1.165) is 11.0 Å². The summed E-state index contributed by atoms with van der Waals surface area (Å²) in [6, 6.07) is 5.35. The Kier molecular flexibility index (Phi) is 7.19. The van der Waals surface area contributed by atoms with E-state index < -0.39 is 53.4 Å². The molecule has 212 valence electrons. The van der Waals surface area contributed by atoms with Crippen LogP contribution in [0.25, 0.3) is 17.0 Å². The van der Waals surface area contributed by atoms with Crippen molar-refractivity contribution in [2.24, 2.45) is 0 Å². The predicted octanol–water partition coefficient (Wildman–Crippen LogP) is 6.20. The Hall–Kier alpha value is -3.39. The van der Waals surface area contributed by atoms with Gasteiger partial charge in [0.25, 0.3) is 11.1 Å². The van der Waals surface area contributed by atoms with Crippen LogP contribution in [0.5, 0.6) is 0 Å². The second-order valence-electron chi connectivity index (χ2n) is 9.67. The number of alkyl halides is 7. The second-order valence-corrected chi connectivity index (χ2v) is 10.7. The number of fused-ring (bicyclic) bond motifs is 1. The standard InChI is InChI=1S/C26H21F7N4O2S/c1-35-7-6-21(19(27)13-35)37-23(38)22(40-24(37)39)9-14-2-5-20-16(8-14)11-34-36(20)12-15-3-4-17(25(28,29)30)10-18(15)26(31,32)33/h2-5,8-11,19,21H,6-7,12-13H2,1H3/b22-9-/t19-,21-/m0/s1. The fraction of sp³-hybridized carbons (Fsp3) is 0.346. The molecule has 2 atom stereocenters. The van der Waals surface area contributed by atoms with Gasteiger partial charge >= 0.3 is 12.4 Å². The topological polar surface area (TPSA) is 58.4 Å². The van der Waals surface area contributed by atoms with Gasteiger partial charge in [0.2, 0.25) is 0 Å². The quantitative estimate of drug-likeness (QED) is 0.269. The fourth-order valence-electron chi connectivity index (χ4n) is 4.89. The number of likely N-dealkylation sites (tertiary alicyclic amines) is 1. The van der Waals surface area contributed by atoms with Crippen LogP contribution in [0.1, 0.15) is 28.7 Å². The number of halogens is 7. The molecule has 3 heterocycles. The van der Waals surface area contributed by atoms with Crippen molar-refractivity contribution in [2.75, 3.05) is 20.1 Å². The molecule has 0 N–H and O–H groups in total. The van der Waals surface area contributed by atoms with Gasteiger partial charge < -0.3 is 4.90 Å². The Bertz CT molecular complexity index is 1510. The van der Waals surface area contributed by atoms with Crippen molar-refractivity contribution in [3.63, 3.8) is 0 Å². The van der Waals surface area contributed by atoms with Gasteiger partial charge in [-0.2, -0.15) is 31.4 Å². The number of imide groups is 1. The number of hydrogen-bond donors (Lipinski definition) is 0. The van der Waals surface area contributed by atoms with Crippen LogP contribution in [0.2, 0.25) is 0 Å². The Morgan fingerprint density at radius 3 is 2.48 bits per heavy atom. The summed E-state index contributed by atoms with van der Waals surface area (Å²) in [5.74, 6) is -0.593. The van der Waals surface area contributed by atoms with E-state index in [1.165, 1.54) is 17.0 Å². The number of hydrogen-bond acceptors (Lipinski definition) is 5. The third kappa shape index (κ3) is 5.46. The molecule has 2 amide bonds. The van der Waals surface area contributed by atoms with Crippen LogP contribution in [-0.2, 0) is 23.7 Å². The molecule has 6 nitrogen and oxygen atoms in total. The molecule has 0 spiro atoms. The zero-order valence-corrected chi connectivity index (χ0v) is 21.6. The Morgan fingerprint density at radius 2 is 1.80 bits per heavy atom. The maximum atomic E-state index is 14.6. The minimum absolute atomic E-state index is 0.0862. The molecule has 40 heavy (non-hydrogen) atoms. The van der Waals surface area contributed by atoms with Gasteiger partial charge in [-0.1, -0.05) is 12.1 Å². The van der Waals surface area contributed by atoms with Crippen LogP contribution in [0.3, 0.4) is 0 Å². The van der Waals surface area contributed by atoms with Gasteiger partial charge in [-0.05, 0) is 66.7 Å². The van der Waals surface area contributed by atoms with Crippen molar-refractivity contribution in [1.29, 1.82) is 0 Å². The van der Waals surface area contributed by atoms with E-state index in [1.807, 2.05) is 0 Å². The van der Waals surface area contributed by atoms with Crippen LogP contribution < -0.4 is 0 Å². The summed E-state index contributed by atoms with van der Waals surface area (Å²) in [5, 5.41) is 4.04. The summed E-state index contributed by atoms with van der Waals surface area (Å²) in [6.07, 6.45) is -8.13. The Labute approximate surface area is 227 Å². The Balaban J connectivity index is 1.39. The average Bonchev–Trinajstić information content (AvgIpc) is 3.37. The highest BCUT2D eigenvalue weighted by Gasteiger charge is 2.44. The van der Waals surface area contributed by atoms with Gasteiger partial charge in [-0.3, -0.25) is 19.2 Å². The third-order valence-electron chi connectivity index (χ3n) is 6.89. The van der Waals surface area contributed by atoms with E-state index in [-0.39, 0.29) is 23.1 Å². The molecule has 2 aromatic carbocycles. The van der Waals surface area contributed by atoms with E-state index in [1.54, 1.807) is 30.1 Å². The molecule has 0 radical (unpaired) electrons. The van der Waals surface area contributed by atoms with E-state index in [9.17, 15) is 40.3 Å². The molecule has 0 aliphatic carbocycles. The Morgan fingerprint density at radius 1 is 1.05 bits per heavy atom. The molecule has 0 bridgehead atoms. The molecule has 5 rings (SSSR count). The first-order valence-corrected chi connectivity index (χ1v) is 12.9. The number of aromatic nitrogens is 2. The average molecular weight is 587 g/mol. The molecule has 1 aromatic heterocycles. The van der Waals surface area contributed by atoms with E-state index in [2.05, 4.69) is 5.10 Å². The van der Waals surface area contributed by atoms with Crippen LogP contribution in [0.15, 0.2) is 47.5 Å². The van der Waals surface area contributed by atoms with Crippen molar-refractivity contribution < 1.29 is 40.3 Å². The molecular formula is C26H21F7N4O2S. The largest absolute Gasteiger partial charge is 0.416 e. The summed E-state index contributed by atoms with van der Waals surface area (Å²) in [4.78, 5) is 28.4. The van der Waals surface area contributed by atoms with Gasteiger partial charge in [0.05, 0.1) is 40.3 Å². The lowest BCUT2D eigenvalue weighted by molar-refractivity contribution is -0.143. The summed E-state index contributed by atoms with van der Waals surface area (Å²) < 4.78 is 95.5. The zero-order chi connectivity index (χ0) is 29.0. The van der Waals surface area contributed by atoms with E-state index in [0.29, 0.717) is 47.3 Å². The van der Waals surface area contributed by atoms with E-state index >= 15 is 0 Å². The lowest BCUT2D eigenvalue weighted by Crippen LogP contribution is -2.52. The zero-order valence-electron chi connectivity index (χ0n) is 20.8. The normalized spacial score (nSPS) is 22.2. The minimum atomic E-state index is -5.01. The van der Waals surface area contributed by atoms with Crippen molar-refractivity contribution in [2.45, 2.75) is 37.5 Å². The van der Waals surface area contributed by atoms with Gasteiger partial charge in [0.1, 0.15) is 6.17 Å². The number of carbonyl (C=O) groups is 2. The summed E-state index contributed by atoms with van der Waals surface area (Å²) in [7, 11) is 1.76. The van der Waals surface area contributed by atoms with Crippen LogP contribution in [0.4, 0.5) is 35.5 Å². The molecule has 0 unspecified atom stereocenters. The van der Waals surface area contributed by atoms with E-state index in [4.69, 9.17) is 0 Å². The van der Waals surface area contributed by atoms with Crippen molar-refractivity contribution >= 4 is 39.9 Å². The fourth-order valence-corrected chi connectivity index (χ4v) is 5.77. The molecule has 2 aliphatic heterocycles. The molecular weight excluding hydrogens is 565 g/mol. The first-order chi connectivity index (χ1) is 18.7. The highest BCUT2D eigenvalue weighted by Crippen LogP contribution is 2.39. The van der Waals surface area contributed by atoms with Crippen molar-refractivity contribution in [3.05, 3.63) is 69.8 Å². The molecule has 2 saturated heterocycles. The minimum Gasteiger partial charge on any atom is -0.303 e. The highest BCUT2D eigenvalue weighted by atomic mass is 32.2. The van der Waals surface area contributed by atoms with Gasteiger partial charge in [0, 0.05) is 18.5 Å². The first-order valence-electron chi connectivity index (χ1n) is 12.0. The van der Waals surface area contributed by atoms with Gasteiger partial charge in [0.15, 0.2) is 0 Å². The molecule has 2 aliphatic rings. The van der Waals surface area contributed by atoms with Crippen molar-refractivity contribution in [1.82, 2.24) is 19.6 Å². The van der Waals surface area contributed by atoms with Gasteiger partial charge in [-0.25, -0.2) is 4.39 Å². The monoisotopic (exact) mass is 586 g/mol. The first kappa shape index (κ1) is 28.1. The predicted molar refractivity (Wildman–Crippen MR) is 134 cm³/mol. The highest BCUT2D eigenvalue weighted by molar-refractivity contribution is 8.18. The number of piperidine rings is 1. The number of thioether (sulfide) groups is 1. The maximum absolute atomic E-state index is 14.6. The number of benzene rings is 2. The molecule has 14 heteroatoms. The lowest BCUT2D eigenvalue weighted by Gasteiger charge is -2.36. The molecule has 2 fully saturated rings. The SMILES string of the molecule is CN1CC[C@H](N2C(=O)S/C(=C\c3ccc4c(cnn4Cc4ccc(C(F)(F)F)cc4C(F)(F)F)c3)C2=O)[C@@H](F)C1. The summed E-state index contributed by atoms with van der Waals surface area (Å²) in [6.45, 7) is 0.224. The maximum Gasteiger partial charge on any atom is 0.416 e. The number of nitrogens with zero attached hydrogens (tertiary/aromatic N) is 4. The number of rotatable bonds is 4. The van der Waals surface area contributed by atoms with Crippen LogP contribution in [-0.4, -0.2) is 63.1 Å². The smallest absolute Gasteiger partial charge is 0.303 e. The summed E-state index contributed by atoms with van der Waals surface area (Å²) in [5.41, 5.74) is -2.28. The van der Waals surface area contributed by atoms with Crippen LogP contribution >= 0.6 is 11.8 Å². The van der Waals surface area contributed by atoms with Gasteiger partial charge in [-0.15, -0.1) is 0 Å². The number of amides is 2. The molecule has 3 aromatic rings. The second kappa shape index (κ2) is 10.2. The lowest BCUT2D eigenvalue weighted by atomic mass is 10.0. The van der Waals surface area contributed by atoms with Crippen molar-refractivity contribution in [3.8, 4) is 0 Å². The third-order valence-corrected chi connectivity index (χ3v) is 7.78. The van der Waals surface area contributed by atoms with Crippen LogP contribution in [0, 0.1) is 0 Å². The summed E-state index contributed by atoms with van der Waals surface area (Å²) >= 11 is 0.703.